The zero-order chi connectivity index (χ0) is 10.6. The van der Waals surface area contributed by atoms with Crippen LogP contribution in [0.4, 0.5) is 0 Å². The summed E-state index contributed by atoms with van der Waals surface area (Å²) < 4.78 is 25.3. The van der Waals surface area contributed by atoms with E-state index in [2.05, 4.69) is 0 Å². The average Bonchev–Trinajstić information content (AvgIpc) is 1.85. The molecular formula is C5H7NNa2O5S. The molecule has 0 aromatic rings. The van der Waals surface area contributed by atoms with E-state index in [4.69, 9.17) is 23.4 Å². The number of ketones is 1. The van der Waals surface area contributed by atoms with E-state index < -0.39 is 11.4 Å². The van der Waals surface area contributed by atoms with Crippen LogP contribution in [0.25, 0.3) is 0 Å². The third-order valence-electron chi connectivity index (χ3n) is 0.0527. The monoisotopic (exact) mass is 239 g/mol. The molecule has 14 heavy (non-hydrogen) atoms. The molecule has 0 aromatic heterocycles. The fraction of sp³-hybridized carbons (Fsp3) is 0.400. The fourth-order valence-corrected chi connectivity index (χ4v) is 0. The van der Waals surface area contributed by atoms with Gasteiger partial charge in [0.1, 0.15) is 11.9 Å². The number of aldehydes is 1. The molecule has 0 saturated carbocycles. The first kappa shape index (κ1) is 29.4. The quantitative estimate of drug-likeness (QED) is 0.179. The maximum atomic E-state index is 9.44. The third kappa shape index (κ3) is 506. The van der Waals surface area contributed by atoms with Crippen molar-refractivity contribution in [2.75, 3.05) is 0 Å². The summed E-state index contributed by atoms with van der Waals surface area (Å²) in [6.45, 7) is 3.06. The van der Waals surface area contributed by atoms with Crippen molar-refractivity contribution in [1.82, 2.24) is 0 Å². The zero-order valence-electron chi connectivity index (χ0n) is 8.47. The van der Waals surface area contributed by atoms with Crippen LogP contribution < -0.4 is 59.1 Å². The SMILES string of the molecule is CC(C)=O.N#CC=O.O=S([O-])[O-].[Na+].[Na+]. The number of hydrogen-bond donors (Lipinski definition) is 0. The van der Waals surface area contributed by atoms with Crippen molar-refractivity contribution in [3.8, 4) is 6.07 Å². The Hall–Kier alpha value is 0.900. The molecule has 0 amide bonds. The van der Waals surface area contributed by atoms with Crippen molar-refractivity contribution in [1.29, 1.82) is 5.26 Å². The fourth-order valence-electron chi connectivity index (χ4n) is 0. The Kier molecular flexibility index (Phi) is 61.3. The van der Waals surface area contributed by atoms with Gasteiger partial charge in [0.25, 0.3) is 0 Å². The Labute approximate surface area is 129 Å². The molecule has 70 valence electrons. The summed E-state index contributed by atoms with van der Waals surface area (Å²) in [5.41, 5.74) is 0. The van der Waals surface area contributed by atoms with E-state index in [0.29, 0.717) is 0 Å². The van der Waals surface area contributed by atoms with Gasteiger partial charge in [-0.05, 0) is 13.8 Å². The second-order valence-corrected chi connectivity index (χ2v) is 1.77. The molecule has 0 rings (SSSR count). The molecule has 0 spiro atoms. The number of nitriles is 1. The predicted molar refractivity (Wildman–Crippen MR) is 37.7 cm³/mol. The Morgan fingerprint density at radius 3 is 1.43 bits per heavy atom. The van der Waals surface area contributed by atoms with Crippen LogP contribution >= 0.6 is 0 Å². The number of hydrogen-bond acceptors (Lipinski definition) is 6. The summed E-state index contributed by atoms with van der Waals surface area (Å²) in [7, 11) is 0. The Bertz CT molecular complexity index is 173. The van der Waals surface area contributed by atoms with E-state index in [9.17, 15) is 4.79 Å². The van der Waals surface area contributed by atoms with Crippen LogP contribution in [0.2, 0.25) is 0 Å². The number of rotatable bonds is 0. The van der Waals surface area contributed by atoms with Crippen LogP contribution in [0.1, 0.15) is 13.8 Å². The minimum Gasteiger partial charge on any atom is -0.784 e. The number of Topliss-reactive ketones (excluding diaryl/α,β-unsaturated/α-hetero) is 1. The van der Waals surface area contributed by atoms with Crippen molar-refractivity contribution in [2.24, 2.45) is 0 Å². The molecule has 0 aliphatic carbocycles. The van der Waals surface area contributed by atoms with E-state index in [1.807, 2.05) is 0 Å². The molecule has 0 aromatic carbocycles. The van der Waals surface area contributed by atoms with E-state index in [1.165, 1.54) is 19.9 Å². The first-order chi connectivity index (χ1) is 5.38. The van der Waals surface area contributed by atoms with Gasteiger partial charge in [-0.3, -0.25) is 9.00 Å². The van der Waals surface area contributed by atoms with Gasteiger partial charge in [-0.2, -0.15) is 5.26 Å². The maximum absolute atomic E-state index is 9.44. The van der Waals surface area contributed by atoms with E-state index in [1.54, 1.807) is 0 Å². The van der Waals surface area contributed by atoms with Crippen LogP contribution in [-0.4, -0.2) is 25.4 Å². The molecule has 0 aliphatic rings. The zero-order valence-corrected chi connectivity index (χ0v) is 13.3. The van der Waals surface area contributed by atoms with Gasteiger partial charge in [-0.1, -0.05) is 0 Å². The molecule has 0 fully saturated rings. The summed E-state index contributed by atoms with van der Waals surface area (Å²) in [5, 5.41) is 7.26. The number of carbonyl (C=O) groups is 2. The molecule has 0 saturated heterocycles. The minimum atomic E-state index is -3.11. The smallest absolute Gasteiger partial charge is 0.784 e. The average molecular weight is 239 g/mol. The predicted octanol–water partition coefficient (Wildman–Crippen LogP) is -6.69. The molecule has 0 aliphatic heterocycles. The normalized spacial score (nSPS) is 5.43. The van der Waals surface area contributed by atoms with Gasteiger partial charge in [0, 0.05) is 0 Å². The van der Waals surface area contributed by atoms with Gasteiger partial charge >= 0.3 is 59.1 Å². The first-order valence-electron chi connectivity index (χ1n) is 2.45. The Morgan fingerprint density at radius 2 is 1.43 bits per heavy atom. The third-order valence-corrected chi connectivity index (χ3v) is 0.0527. The van der Waals surface area contributed by atoms with Crippen molar-refractivity contribution in [2.45, 2.75) is 13.8 Å². The molecule has 0 unspecified atom stereocenters. The van der Waals surface area contributed by atoms with Crippen molar-refractivity contribution in [3.05, 3.63) is 0 Å². The van der Waals surface area contributed by atoms with Gasteiger partial charge in [0.2, 0.25) is 6.29 Å². The summed E-state index contributed by atoms with van der Waals surface area (Å²) >= 11 is -3.11. The van der Waals surface area contributed by atoms with Crippen LogP contribution in [0, 0.1) is 11.3 Å². The Balaban J connectivity index is -0.0000000270. The van der Waals surface area contributed by atoms with Gasteiger partial charge in [0.15, 0.2) is 0 Å². The molecular weight excluding hydrogens is 232 g/mol. The van der Waals surface area contributed by atoms with Crippen LogP contribution in [0.15, 0.2) is 0 Å². The van der Waals surface area contributed by atoms with E-state index >= 15 is 0 Å². The van der Waals surface area contributed by atoms with Crippen molar-refractivity contribution < 1.29 is 82.0 Å². The van der Waals surface area contributed by atoms with Gasteiger partial charge < -0.3 is 13.9 Å². The maximum Gasteiger partial charge on any atom is 1.00 e. The van der Waals surface area contributed by atoms with Gasteiger partial charge in [-0.25, -0.2) is 0 Å². The molecule has 0 bridgehead atoms. The second-order valence-electron chi connectivity index (χ2n) is 1.36. The van der Waals surface area contributed by atoms with Crippen molar-refractivity contribution in [3.63, 3.8) is 0 Å². The first-order valence-corrected chi connectivity index (χ1v) is 3.45. The van der Waals surface area contributed by atoms with Gasteiger partial charge in [0.05, 0.1) is 0 Å². The summed E-state index contributed by atoms with van der Waals surface area (Å²) in [5.74, 6) is 0.167. The largest absolute Gasteiger partial charge is 1.00 e. The standard InChI is InChI=1S/C3H6O.C2HNO.2Na.H2O3S/c1-3(2)4;3-1-2-4;;;1-4(2)3/h1-2H3;2H;;;(H2,1,2,3)/q;;2*+1;/p-2. The second kappa shape index (κ2) is 29.2. The topological polar surface area (TPSA) is 121 Å². The van der Waals surface area contributed by atoms with E-state index in [-0.39, 0.29) is 71.2 Å². The molecule has 0 N–H and O–H groups in total. The molecule has 9 heteroatoms. The van der Waals surface area contributed by atoms with Crippen LogP contribution in [0.3, 0.4) is 0 Å². The number of nitrogens with zero attached hydrogens (tertiary/aromatic N) is 1. The van der Waals surface area contributed by atoms with Crippen molar-refractivity contribution >= 4 is 23.4 Å². The summed E-state index contributed by atoms with van der Waals surface area (Å²) in [4.78, 5) is 18.3. The molecule has 0 atom stereocenters. The molecule has 0 radical (unpaired) electrons. The summed E-state index contributed by atoms with van der Waals surface area (Å²) in [6.07, 6.45) is 0.181. The number of carbonyl (C=O) groups excluding carboxylic acids is 2. The van der Waals surface area contributed by atoms with Crippen LogP contribution in [-0.2, 0) is 21.0 Å². The van der Waals surface area contributed by atoms with E-state index in [0.717, 1.165) is 0 Å². The minimum absolute atomic E-state index is 0. The Morgan fingerprint density at radius 1 is 1.36 bits per heavy atom. The molecule has 0 heterocycles. The van der Waals surface area contributed by atoms with Gasteiger partial charge in [-0.15, -0.1) is 11.4 Å². The summed E-state index contributed by atoms with van der Waals surface area (Å²) in [6, 6.07) is 1.25. The molecule has 6 nitrogen and oxygen atoms in total. The van der Waals surface area contributed by atoms with Crippen LogP contribution in [0.5, 0.6) is 0 Å².